The third-order valence-corrected chi connectivity index (χ3v) is 6.91. The van der Waals surface area contributed by atoms with Gasteiger partial charge in [0.15, 0.2) is 0 Å². The van der Waals surface area contributed by atoms with Crippen molar-refractivity contribution in [1.82, 2.24) is 4.98 Å². The summed E-state index contributed by atoms with van der Waals surface area (Å²) in [6.45, 7) is 4.70. The van der Waals surface area contributed by atoms with E-state index in [-0.39, 0.29) is 5.41 Å². The molecule has 1 nitrogen and oxygen atoms in total. The zero-order chi connectivity index (χ0) is 22.4. The van der Waals surface area contributed by atoms with Crippen LogP contribution in [0.1, 0.15) is 25.0 Å². The summed E-state index contributed by atoms with van der Waals surface area (Å²) < 4.78 is 0. The van der Waals surface area contributed by atoms with Crippen molar-refractivity contribution >= 4 is 0 Å². The summed E-state index contributed by atoms with van der Waals surface area (Å²) in [7, 11) is 0. The minimum atomic E-state index is -0.0303. The second-order valence-electron chi connectivity index (χ2n) is 9.28. The molecule has 0 fully saturated rings. The summed E-state index contributed by atoms with van der Waals surface area (Å²) in [5.41, 5.74) is 12.6. The molecule has 0 saturated carbocycles. The number of rotatable bonds is 3. The normalized spacial score (nSPS) is 13.4. The molecule has 1 heteroatoms. The molecule has 4 aromatic carbocycles. The first kappa shape index (κ1) is 19.7. The zero-order valence-corrected chi connectivity index (χ0v) is 18.9. The summed E-state index contributed by atoms with van der Waals surface area (Å²) >= 11 is 0. The minimum absolute atomic E-state index is 0.0303. The molecule has 1 aliphatic rings. The standard InChI is InChI=1S/C32H25N/c1-32(2)29-17-4-3-14-27(29)28-16-9-15-26(31(28)32)24-12-7-10-22(20-24)23-11-8-13-25(21-23)30-18-5-6-19-33-30/h3-21H,1-2H3. The molecule has 0 aliphatic heterocycles. The zero-order valence-electron chi connectivity index (χ0n) is 18.9. The number of benzene rings is 4. The van der Waals surface area contributed by atoms with Crippen molar-refractivity contribution < 1.29 is 0 Å². The Morgan fingerprint density at radius 2 is 1.12 bits per heavy atom. The fraction of sp³-hybridized carbons (Fsp3) is 0.0938. The van der Waals surface area contributed by atoms with Crippen LogP contribution in [0.15, 0.2) is 115 Å². The summed E-state index contributed by atoms with van der Waals surface area (Å²) in [6.07, 6.45) is 1.85. The molecule has 6 rings (SSSR count). The van der Waals surface area contributed by atoms with Gasteiger partial charge in [0.05, 0.1) is 5.69 Å². The van der Waals surface area contributed by atoms with Gasteiger partial charge in [0, 0.05) is 17.2 Å². The van der Waals surface area contributed by atoms with Gasteiger partial charge in [-0.25, -0.2) is 0 Å². The molecule has 1 aromatic heterocycles. The minimum Gasteiger partial charge on any atom is -0.256 e. The molecule has 0 radical (unpaired) electrons. The topological polar surface area (TPSA) is 12.9 Å². The molecule has 0 amide bonds. The molecule has 0 saturated heterocycles. The number of hydrogen-bond acceptors (Lipinski definition) is 1. The fourth-order valence-corrected chi connectivity index (χ4v) is 5.35. The lowest BCUT2D eigenvalue weighted by molar-refractivity contribution is 0.662. The van der Waals surface area contributed by atoms with Crippen molar-refractivity contribution in [2.75, 3.05) is 0 Å². The lowest BCUT2D eigenvalue weighted by Gasteiger charge is -2.24. The van der Waals surface area contributed by atoms with E-state index in [4.69, 9.17) is 0 Å². The van der Waals surface area contributed by atoms with E-state index in [1.165, 1.54) is 44.5 Å². The summed E-state index contributed by atoms with van der Waals surface area (Å²) in [5.74, 6) is 0. The van der Waals surface area contributed by atoms with Crippen LogP contribution in [0.4, 0.5) is 0 Å². The first-order valence-corrected chi connectivity index (χ1v) is 11.5. The van der Waals surface area contributed by atoms with Crippen molar-refractivity contribution in [2.45, 2.75) is 19.3 Å². The Kier molecular flexibility index (Phi) is 4.52. The van der Waals surface area contributed by atoms with Gasteiger partial charge in [0.25, 0.3) is 0 Å². The highest BCUT2D eigenvalue weighted by atomic mass is 14.7. The van der Waals surface area contributed by atoms with Crippen molar-refractivity contribution in [3.05, 3.63) is 127 Å². The quantitative estimate of drug-likeness (QED) is 0.284. The largest absolute Gasteiger partial charge is 0.256 e. The molecule has 0 N–H and O–H groups in total. The van der Waals surface area contributed by atoms with Gasteiger partial charge < -0.3 is 0 Å². The second kappa shape index (κ2) is 7.56. The van der Waals surface area contributed by atoms with E-state index in [0.717, 1.165) is 11.3 Å². The van der Waals surface area contributed by atoms with Crippen LogP contribution in [0, 0.1) is 0 Å². The predicted octanol–water partition coefficient (Wildman–Crippen LogP) is 8.39. The molecule has 5 aromatic rings. The van der Waals surface area contributed by atoms with Gasteiger partial charge in [0.1, 0.15) is 0 Å². The first-order chi connectivity index (χ1) is 16.1. The number of pyridine rings is 1. The van der Waals surface area contributed by atoms with Gasteiger partial charge in [-0.1, -0.05) is 98.8 Å². The van der Waals surface area contributed by atoms with E-state index < -0.39 is 0 Å². The van der Waals surface area contributed by atoms with Crippen LogP contribution in [0.5, 0.6) is 0 Å². The monoisotopic (exact) mass is 423 g/mol. The van der Waals surface area contributed by atoms with Gasteiger partial charge >= 0.3 is 0 Å². The molecule has 0 atom stereocenters. The van der Waals surface area contributed by atoms with Gasteiger partial charge in [-0.05, 0) is 68.8 Å². The van der Waals surface area contributed by atoms with E-state index in [2.05, 4.69) is 116 Å². The molecule has 0 unspecified atom stereocenters. The lowest BCUT2D eigenvalue weighted by Crippen LogP contribution is -2.16. The lowest BCUT2D eigenvalue weighted by atomic mass is 9.78. The SMILES string of the molecule is CC1(C)c2ccccc2-c2cccc(-c3cccc(-c4cccc(-c5ccccn5)c4)c3)c21. The molecule has 0 bridgehead atoms. The first-order valence-electron chi connectivity index (χ1n) is 11.5. The molecule has 1 aliphatic carbocycles. The van der Waals surface area contributed by atoms with E-state index in [0.29, 0.717) is 0 Å². The Bertz CT molecular complexity index is 1480. The van der Waals surface area contributed by atoms with E-state index in [1.54, 1.807) is 0 Å². The van der Waals surface area contributed by atoms with Crippen LogP contribution in [0.2, 0.25) is 0 Å². The number of hydrogen-bond donors (Lipinski definition) is 0. The molecule has 0 spiro atoms. The van der Waals surface area contributed by atoms with Crippen LogP contribution >= 0.6 is 0 Å². The van der Waals surface area contributed by atoms with Crippen molar-refractivity contribution in [1.29, 1.82) is 0 Å². The maximum atomic E-state index is 4.52. The van der Waals surface area contributed by atoms with Crippen LogP contribution in [-0.4, -0.2) is 4.98 Å². The molecule has 1 heterocycles. The van der Waals surface area contributed by atoms with Gasteiger partial charge in [-0.2, -0.15) is 0 Å². The number of aromatic nitrogens is 1. The van der Waals surface area contributed by atoms with Gasteiger partial charge in [0.2, 0.25) is 0 Å². The smallest absolute Gasteiger partial charge is 0.0702 e. The Labute approximate surface area is 195 Å². The van der Waals surface area contributed by atoms with Crippen LogP contribution < -0.4 is 0 Å². The average molecular weight is 424 g/mol. The highest BCUT2D eigenvalue weighted by Crippen LogP contribution is 2.52. The summed E-state index contributed by atoms with van der Waals surface area (Å²) in [4.78, 5) is 4.52. The highest BCUT2D eigenvalue weighted by molar-refractivity contribution is 5.89. The molecule has 158 valence electrons. The Morgan fingerprint density at radius 3 is 1.91 bits per heavy atom. The van der Waals surface area contributed by atoms with E-state index in [1.807, 2.05) is 18.3 Å². The third-order valence-electron chi connectivity index (χ3n) is 6.91. The summed E-state index contributed by atoms with van der Waals surface area (Å²) in [5, 5.41) is 0. The van der Waals surface area contributed by atoms with E-state index >= 15 is 0 Å². The average Bonchev–Trinajstić information content (AvgIpc) is 3.12. The molecular weight excluding hydrogens is 398 g/mol. The molecule has 33 heavy (non-hydrogen) atoms. The Hall–Kier alpha value is -3.97. The third kappa shape index (κ3) is 3.20. The Morgan fingerprint density at radius 1 is 0.515 bits per heavy atom. The second-order valence-corrected chi connectivity index (χ2v) is 9.28. The number of fused-ring (bicyclic) bond motifs is 3. The van der Waals surface area contributed by atoms with Crippen molar-refractivity contribution in [2.24, 2.45) is 0 Å². The van der Waals surface area contributed by atoms with Crippen molar-refractivity contribution in [3.63, 3.8) is 0 Å². The molecular formula is C32H25N. The van der Waals surface area contributed by atoms with Crippen LogP contribution in [0.25, 0.3) is 44.6 Å². The predicted molar refractivity (Wildman–Crippen MR) is 138 cm³/mol. The Balaban J connectivity index is 1.47. The van der Waals surface area contributed by atoms with Crippen LogP contribution in [0.3, 0.4) is 0 Å². The highest BCUT2D eigenvalue weighted by Gasteiger charge is 2.37. The fourth-order valence-electron chi connectivity index (χ4n) is 5.35. The van der Waals surface area contributed by atoms with Crippen molar-refractivity contribution in [3.8, 4) is 44.6 Å². The van der Waals surface area contributed by atoms with E-state index in [9.17, 15) is 0 Å². The van der Waals surface area contributed by atoms with Gasteiger partial charge in [-0.3, -0.25) is 4.98 Å². The van der Waals surface area contributed by atoms with Crippen LogP contribution in [-0.2, 0) is 5.41 Å². The number of nitrogens with zero attached hydrogens (tertiary/aromatic N) is 1. The maximum absolute atomic E-state index is 4.52. The van der Waals surface area contributed by atoms with Gasteiger partial charge in [-0.15, -0.1) is 0 Å². The summed E-state index contributed by atoms with van der Waals surface area (Å²) in [6, 6.07) is 39.2. The maximum Gasteiger partial charge on any atom is 0.0702 e.